The van der Waals surface area contributed by atoms with Gasteiger partial charge in [0.2, 0.25) is 5.88 Å². The van der Waals surface area contributed by atoms with Gasteiger partial charge in [-0.15, -0.1) is 0 Å². The van der Waals surface area contributed by atoms with Crippen molar-refractivity contribution in [3.8, 4) is 17.3 Å². The molecule has 0 aliphatic carbocycles. The third-order valence-electron chi connectivity index (χ3n) is 6.07. The summed E-state index contributed by atoms with van der Waals surface area (Å²) in [5.41, 5.74) is 2.08. The van der Waals surface area contributed by atoms with Crippen LogP contribution in [0.5, 0.6) is 5.88 Å². The van der Waals surface area contributed by atoms with E-state index in [9.17, 15) is 8.42 Å². The Kier molecular flexibility index (Phi) is 5.44. The molecule has 0 bridgehead atoms. The summed E-state index contributed by atoms with van der Waals surface area (Å²) in [7, 11) is -1.73. The number of nitrogens with zero attached hydrogens (tertiary/aromatic N) is 4. The number of rotatable bonds is 4. The van der Waals surface area contributed by atoms with Crippen LogP contribution in [-0.4, -0.2) is 62.0 Å². The number of hydrogen-bond donors (Lipinski definition) is 0. The smallest absolute Gasteiger partial charge is 0.213 e. The molecule has 9 heteroatoms. The highest BCUT2D eigenvalue weighted by atomic mass is 32.2. The van der Waals surface area contributed by atoms with E-state index in [4.69, 9.17) is 19.4 Å². The number of pyridine rings is 1. The lowest BCUT2D eigenvalue weighted by molar-refractivity contribution is 0.0985. The second-order valence-corrected chi connectivity index (χ2v) is 10.8. The number of anilines is 1. The highest BCUT2D eigenvalue weighted by Crippen LogP contribution is 2.42. The van der Waals surface area contributed by atoms with Gasteiger partial charge in [0.05, 0.1) is 37.8 Å². The summed E-state index contributed by atoms with van der Waals surface area (Å²) in [4.78, 5) is 16.1. The molecule has 2 aromatic rings. The predicted molar refractivity (Wildman–Crippen MR) is 115 cm³/mol. The van der Waals surface area contributed by atoms with Crippen molar-refractivity contribution in [2.24, 2.45) is 0 Å². The van der Waals surface area contributed by atoms with Crippen LogP contribution >= 0.6 is 0 Å². The molecular formula is C21H28N4O4S. The first-order chi connectivity index (χ1) is 14.2. The number of morpholine rings is 1. The van der Waals surface area contributed by atoms with E-state index >= 15 is 0 Å². The van der Waals surface area contributed by atoms with E-state index in [1.54, 1.807) is 20.1 Å². The molecule has 2 aliphatic rings. The van der Waals surface area contributed by atoms with Gasteiger partial charge in [-0.3, -0.25) is 0 Å². The number of sulfone groups is 1. The molecule has 0 radical (unpaired) electrons. The minimum atomic E-state index is -3.29. The zero-order chi connectivity index (χ0) is 21.5. The van der Waals surface area contributed by atoms with Gasteiger partial charge in [-0.1, -0.05) is 0 Å². The van der Waals surface area contributed by atoms with E-state index in [0.717, 1.165) is 17.1 Å². The zero-order valence-corrected chi connectivity index (χ0v) is 18.7. The first-order valence-electron chi connectivity index (χ1n) is 10.2. The monoisotopic (exact) mass is 432 g/mol. The van der Waals surface area contributed by atoms with E-state index in [2.05, 4.69) is 16.8 Å². The van der Waals surface area contributed by atoms with Crippen molar-refractivity contribution in [1.82, 2.24) is 15.0 Å². The van der Waals surface area contributed by atoms with Gasteiger partial charge in [0.1, 0.15) is 10.6 Å². The molecule has 4 heterocycles. The fourth-order valence-electron chi connectivity index (χ4n) is 4.19. The lowest BCUT2D eigenvalue weighted by Gasteiger charge is -2.35. The Morgan fingerprint density at radius 3 is 2.70 bits per heavy atom. The van der Waals surface area contributed by atoms with Gasteiger partial charge >= 0.3 is 0 Å². The molecule has 0 saturated carbocycles. The van der Waals surface area contributed by atoms with Crippen molar-refractivity contribution in [2.45, 2.75) is 44.4 Å². The molecule has 0 amide bonds. The average molecular weight is 433 g/mol. The van der Waals surface area contributed by atoms with Crippen molar-refractivity contribution < 1.29 is 17.9 Å². The van der Waals surface area contributed by atoms with E-state index in [1.165, 1.54) is 0 Å². The minimum absolute atomic E-state index is 0.135. The first-order valence-corrected chi connectivity index (χ1v) is 11.9. The first kappa shape index (κ1) is 21.0. The summed E-state index contributed by atoms with van der Waals surface area (Å²) < 4.78 is 35.7. The molecule has 0 aromatic carbocycles. The predicted octanol–water partition coefficient (Wildman–Crippen LogP) is 2.50. The Hall–Kier alpha value is -2.26. The highest BCUT2D eigenvalue weighted by Gasteiger charge is 2.46. The fourth-order valence-corrected chi connectivity index (χ4v) is 6.04. The van der Waals surface area contributed by atoms with Crippen LogP contribution < -0.4 is 9.64 Å². The van der Waals surface area contributed by atoms with E-state index < -0.39 is 14.6 Å². The SMILES string of the molecule is COc1cc(-c2nc(N3CCOC[C@H]3C)cc([C@]3(C)CCCS3(=O)=O)n2)cc(C)n1. The molecule has 2 saturated heterocycles. The molecular weight excluding hydrogens is 404 g/mol. The third kappa shape index (κ3) is 3.65. The summed E-state index contributed by atoms with van der Waals surface area (Å²) in [6.07, 6.45) is 1.20. The van der Waals surface area contributed by atoms with Gasteiger partial charge in [0.25, 0.3) is 0 Å². The summed E-state index contributed by atoms with van der Waals surface area (Å²) in [6, 6.07) is 5.65. The Labute approximate surface area is 177 Å². The lowest BCUT2D eigenvalue weighted by Crippen LogP contribution is -2.44. The maximum atomic E-state index is 12.9. The second kappa shape index (κ2) is 7.77. The summed E-state index contributed by atoms with van der Waals surface area (Å²) in [5, 5.41) is 0. The molecule has 2 aliphatic heterocycles. The van der Waals surface area contributed by atoms with E-state index in [-0.39, 0.29) is 11.8 Å². The van der Waals surface area contributed by atoms with Gasteiger partial charge in [-0.25, -0.2) is 23.4 Å². The number of methoxy groups -OCH3 is 1. The molecule has 8 nitrogen and oxygen atoms in total. The van der Waals surface area contributed by atoms with E-state index in [1.807, 2.05) is 19.1 Å². The van der Waals surface area contributed by atoms with Crippen molar-refractivity contribution in [3.63, 3.8) is 0 Å². The van der Waals surface area contributed by atoms with Gasteiger partial charge in [0.15, 0.2) is 15.7 Å². The summed E-state index contributed by atoms with van der Waals surface area (Å²) >= 11 is 0. The molecule has 0 N–H and O–H groups in total. The van der Waals surface area contributed by atoms with Crippen molar-refractivity contribution >= 4 is 15.7 Å². The van der Waals surface area contributed by atoms with Crippen LogP contribution in [0.25, 0.3) is 11.4 Å². The number of ether oxygens (including phenoxy) is 2. The number of aryl methyl sites for hydroxylation is 1. The van der Waals surface area contributed by atoms with Gasteiger partial charge in [-0.2, -0.15) is 0 Å². The topological polar surface area (TPSA) is 94.5 Å². The molecule has 2 aromatic heterocycles. The van der Waals surface area contributed by atoms with Crippen molar-refractivity contribution in [1.29, 1.82) is 0 Å². The van der Waals surface area contributed by atoms with Crippen LogP contribution in [0, 0.1) is 6.92 Å². The maximum Gasteiger partial charge on any atom is 0.213 e. The molecule has 2 fully saturated rings. The lowest BCUT2D eigenvalue weighted by atomic mass is 10.0. The highest BCUT2D eigenvalue weighted by molar-refractivity contribution is 7.92. The normalized spacial score (nSPS) is 26.0. The quantitative estimate of drug-likeness (QED) is 0.727. The summed E-state index contributed by atoms with van der Waals surface area (Å²) in [6.45, 7) is 7.65. The second-order valence-electron chi connectivity index (χ2n) is 8.25. The average Bonchev–Trinajstić information content (AvgIpc) is 3.01. The Morgan fingerprint density at radius 2 is 2.03 bits per heavy atom. The number of aromatic nitrogens is 3. The zero-order valence-electron chi connectivity index (χ0n) is 17.9. The van der Waals surface area contributed by atoms with Crippen LogP contribution in [0.3, 0.4) is 0 Å². The minimum Gasteiger partial charge on any atom is -0.481 e. The molecule has 0 unspecified atom stereocenters. The number of hydrogen-bond acceptors (Lipinski definition) is 8. The van der Waals surface area contributed by atoms with Crippen LogP contribution in [0.4, 0.5) is 5.82 Å². The molecule has 162 valence electrons. The van der Waals surface area contributed by atoms with Gasteiger partial charge in [0, 0.05) is 29.9 Å². The fraction of sp³-hybridized carbons (Fsp3) is 0.571. The van der Waals surface area contributed by atoms with Crippen LogP contribution in [0.15, 0.2) is 18.2 Å². The van der Waals surface area contributed by atoms with Crippen LogP contribution in [0.1, 0.15) is 38.1 Å². The van der Waals surface area contributed by atoms with Crippen molar-refractivity contribution in [3.05, 3.63) is 29.6 Å². The van der Waals surface area contributed by atoms with E-state index in [0.29, 0.717) is 50.0 Å². The van der Waals surface area contributed by atoms with Crippen LogP contribution in [0.2, 0.25) is 0 Å². The largest absolute Gasteiger partial charge is 0.481 e. The molecule has 2 atom stereocenters. The molecule has 0 spiro atoms. The van der Waals surface area contributed by atoms with Crippen LogP contribution in [-0.2, 0) is 19.3 Å². The standard InChI is InChI=1S/C21H28N4O4S/c1-14-10-16(11-19(22-14)28-4)20-23-17(21(3)6-5-9-30(21,26)27)12-18(24-20)25-7-8-29-13-15(25)2/h10-12,15H,5-9,13H2,1-4H3/t15-,21+/m1/s1. The Morgan fingerprint density at radius 1 is 1.23 bits per heavy atom. The molecule has 4 rings (SSSR count). The Balaban J connectivity index is 1.90. The molecule has 30 heavy (non-hydrogen) atoms. The summed E-state index contributed by atoms with van der Waals surface area (Å²) in [5.74, 6) is 1.87. The van der Waals surface area contributed by atoms with Crippen molar-refractivity contribution in [2.75, 3.05) is 37.5 Å². The maximum absolute atomic E-state index is 12.9. The Bertz CT molecular complexity index is 1060. The van der Waals surface area contributed by atoms with Gasteiger partial charge in [-0.05, 0) is 39.7 Å². The third-order valence-corrected chi connectivity index (χ3v) is 8.68. The van der Waals surface area contributed by atoms with Gasteiger partial charge < -0.3 is 14.4 Å².